The Kier molecular flexibility index (Phi) is 1.76. The van der Waals surface area contributed by atoms with Gasteiger partial charge < -0.3 is 0 Å². The molecule has 0 unspecified atom stereocenters. The monoisotopic (exact) mass is 158 g/mol. The molecule has 4 heteroatoms. The Labute approximate surface area is 63.2 Å². The predicted molar refractivity (Wildman–Crippen MR) is 39.2 cm³/mol. The normalized spacial score (nSPS) is 9.90. The Balaban J connectivity index is 3.46. The van der Waals surface area contributed by atoms with E-state index in [1.165, 1.54) is 4.68 Å². The number of rotatable bonds is 0. The van der Waals surface area contributed by atoms with Gasteiger partial charge in [0.2, 0.25) is 0 Å². The lowest BCUT2D eigenvalue weighted by atomic mass is 10.3. The third-order valence-corrected chi connectivity index (χ3v) is 1.40. The van der Waals surface area contributed by atoms with Crippen LogP contribution in [0.25, 0.3) is 0 Å². The Morgan fingerprint density at radius 3 is 2.80 bits per heavy atom. The second-order valence-corrected chi connectivity index (χ2v) is 2.47. The van der Waals surface area contributed by atoms with Crippen LogP contribution < -0.4 is 5.56 Å². The third kappa shape index (κ3) is 1.19. The highest BCUT2D eigenvalue weighted by molar-refractivity contribution is 6.29. The fraction of sp³-hybridized carbons (Fsp3) is 0.333. The molecule has 0 aliphatic rings. The summed E-state index contributed by atoms with van der Waals surface area (Å²) in [5.41, 5.74) is 0.506. The number of aromatic nitrogens is 2. The predicted octanol–water partition coefficient (Wildman–Crippen LogP) is 0.742. The van der Waals surface area contributed by atoms with Gasteiger partial charge in [-0.1, -0.05) is 11.6 Å². The van der Waals surface area contributed by atoms with Gasteiger partial charge >= 0.3 is 0 Å². The molecule has 1 heterocycles. The zero-order valence-corrected chi connectivity index (χ0v) is 6.51. The minimum absolute atomic E-state index is 0.107. The van der Waals surface area contributed by atoms with Gasteiger partial charge in [-0.3, -0.25) is 4.79 Å². The van der Waals surface area contributed by atoms with Gasteiger partial charge in [-0.15, -0.1) is 0 Å². The van der Waals surface area contributed by atoms with Crippen LogP contribution in [0.3, 0.4) is 0 Å². The topological polar surface area (TPSA) is 34.9 Å². The van der Waals surface area contributed by atoms with E-state index >= 15 is 0 Å². The van der Waals surface area contributed by atoms with E-state index in [0.717, 1.165) is 0 Å². The van der Waals surface area contributed by atoms with Crippen molar-refractivity contribution >= 4 is 11.6 Å². The van der Waals surface area contributed by atoms with Gasteiger partial charge in [-0.25, -0.2) is 4.68 Å². The second-order valence-electron chi connectivity index (χ2n) is 2.08. The van der Waals surface area contributed by atoms with Crippen molar-refractivity contribution in [3.05, 3.63) is 27.1 Å². The quantitative estimate of drug-likeness (QED) is 0.558. The maximum Gasteiger partial charge on any atom is 0.269 e. The molecule has 10 heavy (non-hydrogen) atoms. The van der Waals surface area contributed by atoms with Crippen molar-refractivity contribution in [2.75, 3.05) is 0 Å². The molecule has 1 rings (SSSR count). The van der Waals surface area contributed by atoms with Crippen molar-refractivity contribution in [3.63, 3.8) is 0 Å². The van der Waals surface area contributed by atoms with Crippen LogP contribution in [0.15, 0.2) is 10.9 Å². The molecule has 0 aliphatic carbocycles. The summed E-state index contributed by atoms with van der Waals surface area (Å²) in [5, 5.41) is 4.05. The SMILES string of the molecule is Cc1cc(Cl)nn(C)c1=O. The lowest BCUT2D eigenvalue weighted by Gasteiger charge is -1.96. The molecule has 0 saturated carbocycles. The first-order valence-electron chi connectivity index (χ1n) is 2.81. The Hall–Kier alpha value is -0.830. The van der Waals surface area contributed by atoms with Gasteiger partial charge in [-0.2, -0.15) is 5.10 Å². The van der Waals surface area contributed by atoms with Gasteiger partial charge in [-0.05, 0) is 13.0 Å². The standard InChI is InChI=1S/C6H7ClN2O/c1-4-3-5(7)8-9(2)6(4)10/h3H,1-2H3. The summed E-state index contributed by atoms with van der Waals surface area (Å²) in [4.78, 5) is 11.0. The van der Waals surface area contributed by atoms with Crippen LogP contribution in [0.5, 0.6) is 0 Å². The number of hydrogen-bond acceptors (Lipinski definition) is 2. The third-order valence-electron chi connectivity index (χ3n) is 1.21. The van der Waals surface area contributed by atoms with Crippen molar-refractivity contribution < 1.29 is 0 Å². The number of aryl methyl sites for hydroxylation is 2. The molecular weight excluding hydrogens is 152 g/mol. The van der Waals surface area contributed by atoms with E-state index in [4.69, 9.17) is 11.6 Å². The average molecular weight is 159 g/mol. The smallest absolute Gasteiger partial charge is 0.268 e. The molecule has 0 aromatic carbocycles. The van der Waals surface area contributed by atoms with Crippen LogP contribution in [0, 0.1) is 6.92 Å². The van der Waals surface area contributed by atoms with Crippen molar-refractivity contribution in [3.8, 4) is 0 Å². The molecule has 0 bridgehead atoms. The molecule has 54 valence electrons. The molecule has 0 radical (unpaired) electrons. The van der Waals surface area contributed by atoms with Crippen molar-refractivity contribution in [2.45, 2.75) is 6.92 Å². The first-order valence-corrected chi connectivity index (χ1v) is 3.19. The van der Waals surface area contributed by atoms with E-state index in [-0.39, 0.29) is 5.56 Å². The van der Waals surface area contributed by atoms with E-state index in [2.05, 4.69) is 5.10 Å². The van der Waals surface area contributed by atoms with Gasteiger partial charge in [0.15, 0.2) is 0 Å². The van der Waals surface area contributed by atoms with Crippen LogP contribution in [0.2, 0.25) is 5.15 Å². The molecule has 1 aromatic heterocycles. The van der Waals surface area contributed by atoms with Gasteiger partial charge in [0.05, 0.1) is 0 Å². The minimum Gasteiger partial charge on any atom is -0.268 e. The molecule has 3 nitrogen and oxygen atoms in total. The zero-order valence-electron chi connectivity index (χ0n) is 5.76. The molecule has 0 spiro atoms. The fourth-order valence-corrected chi connectivity index (χ4v) is 0.990. The lowest BCUT2D eigenvalue weighted by Crippen LogP contribution is -2.21. The molecule has 0 amide bonds. The molecule has 0 saturated heterocycles. The molecule has 0 N–H and O–H groups in total. The summed E-state index contributed by atoms with van der Waals surface area (Å²) in [7, 11) is 1.57. The van der Waals surface area contributed by atoms with Crippen LogP contribution in [0.4, 0.5) is 0 Å². The Bertz CT molecular complexity index is 279. The highest BCUT2D eigenvalue weighted by Gasteiger charge is 1.97. The minimum atomic E-state index is -0.107. The molecule has 0 fully saturated rings. The van der Waals surface area contributed by atoms with Crippen LogP contribution in [-0.4, -0.2) is 9.78 Å². The van der Waals surface area contributed by atoms with E-state index in [1.807, 2.05) is 0 Å². The maximum absolute atomic E-state index is 11.0. The first-order chi connectivity index (χ1) is 4.61. The zero-order chi connectivity index (χ0) is 7.72. The molecule has 0 atom stereocenters. The van der Waals surface area contributed by atoms with Crippen molar-refractivity contribution in [1.82, 2.24) is 9.78 Å². The number of nitrogens with zero attached hydrogens (tertiary/aromatic N) is 2. The lowest BCUT2D eigenvalue weighted by molar-refractivity contribution is 0.701. The summed E-state index contributed by atoms with van der Waals surface area (Å²) < 4.78 is 1.22. The van der Waals surface area contributed by atoms with Gasteiger partial charge in [0.25, 0.3) is 5.56 Å². The van der Waals surface area contributed by atoms with Crippen LogP contribution in [-0.2, 0) is 7.05 Å². The second kappa shape index (κ2) is 2.42. The largest absolute Gasteiger partial charge is 0.269 e. The summed E-state index contributed by atoms with van der Waals surface area (Å²) in [6, 6.07) is 1.55. The Morgan fingerprint density at radius 2 is 2.30 bits per heavy atom. The van der Waals surface area contributed by atoms with Crippen molar-refractivity contribution in [1.29, 1.82) is 0 Å². The summed E-state index contributed by atoms with van der Waals surface area (Å²) in [5.74, 6) is 0. The van der Waals surface area contributed by atoms with E-state index in [0.29, 0.717) is 10.7 Å². The Morgan fingerprint density at radius 1 is 1.70 bits per heavy atom. The van der Waals surface area contributed by atoms with E-state index in [1.54, 1.807) is 20.0 Å². The first kappa shape index (κ1) is 7.28. The fourth-order valence-electron chi connectivity index (χ4n) is 0.713. The van der Waals surface area contributed by atoms with Gasteiger partial charge in [0.1, 0.15) is 5.15 Å². The summed E-state index contributed by atoms with van der Waals surface area (Å²) in [6.07, 6.45) is 0. The van der Waals surface area contributed by atoms with Gasteiger partial charge in [0, 0.05) is 12.6 Å². The molecular formula is C6H7ClN2O. The highest BCUT2D eigenvalue weighted by Crippen LogP contribution is 2.00. The summed E-state index contributed by atoms with van der Waals surface area (Å²) in [6.45, 7) is 1.70. The maximum atomic E-state index is 11.0. The highest BCUT2D eigenvalue weighted by atomic mass is 35.5. The number of halogens is 1. The van der Waals surface area contributed by atoms with Crippen molar-refractivity contribution in [2.24, 2.45) is 7.05 Å². The van der Waals surface area contributed by atoms with E-state index < -0.39 is 0 Å². The van der Waals surface area contributed by atoms with Crippen LogP contribution in [0.1, 0.15) is 5.56 Å². The van der Waals surface area contributed by atoms with Crippen LogP contribution >= 0.6 is 11.6 Å². The molecule has 0 aliphatic heterocycles. The molecule has 1 aromatic rings. The van der Waals surface area contributed by atoms with E-state index in [9.17, 15) is 4.79 Å². The average Bonchev–Trinajstić information content (AvgIpc) is 1.82. The summed E-state index contributed by atoms with van der Waals surface area (Å²) >= 11 is 5.55. The number of hydrogen-bond donors (Lipinski definition) is 0.